The molecule has 2 unspecified atom stereocenters. The molecule has 5 heteroatoms. The minimum absolute atomic E-state index is 0.236. The van der Waals surface area contributed by atoms with Gasteiger partial charge in [0, 0.05) is 6.04 Å². The Kier molecular flexibility index (Phi) is 4.19. The maximum absolute atomic E-state index is 11.9. The van der Waals surface area contributed by atoms with Crippen molar-refractivity contribution in [3.63, 3.8) is 0 Å². The van der Waals surface area contributed by atoms with E-state index in [0.717, 1.165) is 25.7 Å². The average Bonchev–Trinajstić information content (AvgIpc) is 2.25. The smallest absolute Gasteiger partial charge is 0.367 e. The van der Waals surface area contributed by atoms with Crippen LogP contribution in [-0.4, -0.2) is 24.9 Å². The van der Waals surface area contributed by atoms with E-state index in [1.807, 2.05) is 0 Å². The molecule has 1 aliphatic rings. The van der Waals surface area contributed by atoms with Gasteiger partial charge >= 0.3 is 6.18 Å². The van der Waals surface area contributed by atoms with Crippen molar-refractivity contribution in [1.82, 2.24) is 0 Å². The molecule has 2 N–H and O–H groups in total. The minimum atomic E-state index is -4.24. The fourth-order valence-electron chi connectivity index (χ4n) is 1.71. The normalized spacial score (nSPS) is 30.0. The first kappa shape index (κ1) is 11.8. The van der Waals surface area contributed by atoms with Gasteiger partial charge in [-0.2, -0.15) is 13.2 Å². The number of rotatable bonds is 2. The summed E-state index contributed by atoms with van der Waals surface area (Å²) in [4.78, 5) is 0. The number of halogens is 3. The highest BCUT2D eigenvalue weighted by Gasteiger charge is 2.31. The highest BCUT2D eigenvalue weighted by Crippen LogP contribution is 2.22. The maximum Gasteiger partial charge on any atom is 0.411 e. The topological polar surface area (TPSA) is 35.2 Å². The summed E-state index contributed by atoms with van der Waals surface area (Å²) in [7, 11) is 0. The molecule has 2 nitrogen and oxygen atoms in total. The molecule has 0 aromatic heterocycles. The molecule has 0 heterocycles. The van der Waals surface area contributed by atoms with Crippen molar-refractivity contribution in [2.24, 2.45) is 5.73 Å². The number of hydrogen-bond acceptors (Lipinski definition) is 2. The molecule has 0 bridgehead atoms. The van der Waals surface area contributed by atoms with Crippen LogP contribution >= 0.6 is 0 Å². The van der Waals surface area contributed by atoms with Crippen LogP contribution < -0.4 is 5.73 Å². The van der Waals surface area contributed by atoms with Crippen LogP contribution in [0.25, 0.3) is 0 Å². The lowest BCUT2D eigenvalue weighted by atomic mass is 10.1. The SMILES string of the molecule is NC1CCCCCC1OCC(F)(F)F. The molecule has 0 saturated heterocycles. The number of ether oxygens (including phenoxy) is 1. The third kappa shape index (κ3) is 4.28. The molecule has 14 heavy (non-hydrogen) atoms. The monoisotopic (exact) mass is 211 g/mol. The lowest BCUT2D eigenvalue weighted by Crippen LogP contribution is -2.37. The van der Waals surface area contributed by atoms with Gasteiger partial charge in [0.25, 0.3) is 0 Å². The fraction of sp³-hybridized carbons (Fsp3) is 1.00. The molecular formula is C9H16F3NO. The standard InChI is InChI=1S/C9H16F3NO/c10-9(11,12)6-14-8-5-3-1-2-4-7(8)13/h7-8H,1-6,13H2. The summed E-state index contributed by atoms with van der Waals surface area (Å²) in [6, 6.07) is -0.236. The van der Waals surface area contributed by atoms with E-state index in [4.69, 9.17) is 10.5 Å². The number of alkyl halides is 3. The molecule has 0 aliphatic heterocycles. The summed E-state index contributed by atoms with van der Waals surface area (Å²) in [5.74, 6) is 0. The first-order valence-electron chi connectivity index (χ1n) is 4.93. The van der Waals surface area contributed by atoms with E-state index in [1.54, 1.807) is 0 Å². The van der Waals surface area contributed by atoms with E-state index in [0.29, 0.717) is 6.42 Å². The minimum Gasteiger partial charge on any atom is -0.367 e. The number of nitrogens with two attached hydrogens (primary N) is 1. The summed E-state index contributed by atoms with van der Waals surface area (Å²) in [6.07, 6.45) is -0.298. The summed E-state index contributed by atoms with van der Waals surface area (Å²) in [5, 5.41) is 0. The van der Waals surface area contributed by atoms with E-state index < -0.39 is 18.9 Å². The number of hydrogen-bond donors (Lipinski definition) is 1. The van der Waals surface area contributed by atoms with Crippen molar-refractivity contribution in [2.45, 2.75) is 50.4 Å². The molecule has 0 spiro atoms. The zero-order valence-electron chi connectivity index (χ0n) is 8.02. The van der Waals surface area contributed by atoms with Crippen LogP contribution in [0.5, 0.6) is 0 Å². The Labute approximate surface area is 81.6 Å². The zero-order chi connectivity index (χ0) is 10.6. The summed E-state index contributed by atoms with van der Waals surface area (Å²) < 4.78 is 40.4. The van der Waals surface area contributed by atoms with Crippen LogP contribution in [0.2, 0.25) is 0 Å². The van der Waals surface area contributed by atoms with E-state index in [9.17, 15) is 13.2 Å². The molecule has 2 atom stereocenters. The van der Waals surface area contributed by atoms with Crippen LogP contribution in [0.4, 0.5) is 13.2 Å². The summed E-state index contributed by atoms with van der Waals surface area (Å²) in [5.41, 5.74) is 5.72. The van der Waals surface area contributed by atoms with Crippen molar-refractivity contribution in [1.29, 1.82) is 0 Å². The molecule has 0 radical (unpaired) electrons. The predicted molar refractivity (Wildman–Crippen MR) is 46.9 cm³/mol. The first-order chi connectivity index (χ1) is 6.49. The Morgan fingerprint density at radius 1 is 1.14 bits per heavy atom. The van der Waals surface area contributed by atoms with Crippen LogP contribution in [0.1, 0.15) is 32.1 Å². The fourth-order valence-corrected chi connectivity index (χ4v) is 1.71. The third-order valence-corrected chi connectivity index (χ3v) is 2.46. The van der Waals surface area contributed by atoms with E-state index in [2.05, 4.69) is 0 Å². The van der Waals surface area contributed by atoms with Gasteiger partial charge in [-0.25, -0.2) is 0 Å². The third-order valence-electron chi connectivity index (χ3n) is 2.46. The van der Waals surface area contributed by atoms with Gasteiger partial charge in [0.2, 0.25) is 0 Å². The maximum atomic E-state index is 11.9. The van der Waals surface area contributed by atoms with Crippen LogP contribution in [0.15, 0.2) is 0 Å². The van der Waals surface area contributed by atoms with Gasteiger partial charge in [-0.3, -0.25) is 0 Å². The van der Waals surface area contributed by atoms with Gasteiger partial charge in [0.1, 0.15) is 6.61 Å². The molecule has 1 rings (SSSR count). The van der Waals surface area contributed by atoms with Crippen molar-refractivity contribution in [3.8, 4) is 0 Å². The summed E-state index contributed by atoms with van der Waals surface area (Å²) >= 11 is 0. The van der Waals surface area contributed by atoms with Gasteiger partial charge in [0.15, 0.2) is 0 Å². The quantitative estimate of drug-likeness (QED) is 0.711. The van der Waals surface area contributed by atoms with Gasteiger partial charge in [-0.1, -0.05) is 19.3 Å². The largest absolute Gasteiger partial charge is 0.411 e. The average molecular weight is 211 g/mol. The lowest BCUT2D eigenvalue weighted by molar-refractivity contribution is -0.187. The Balaban J connectivity index is 2.33. The molecular weight excluding hydrogens is 195 g/mol. The van der Waals surface area contributed by atoms with E-state index in [-0.39, 0.29) is 6.04 Å². The molecule has 0 amide bonds. The summed E-state index contributed by atoms with van der Waals surface area (Å²) in [6.45, 7) is -1.18. The predicted octanol–water partition coefficient (Wildman–Crippen LogP) is 2.23. The van der Waals surface area contributed by atoms with E-state index >= 15 is 0 Å². The van der Waals surface area contributed by atoms with Gasteiger partial charge in [0.05, 0.1) is 6.10 Å². The molecule has 1 fully saturated rings. The van der Waals surface area contributed by atoms with Crippen LogP contribution in [-0.2, 0) is 4.74 Å². The van der Waals surface area contributed by atoms with Gasteiger partial charge in [-0.05, 0) is 12.8 Å². The van der Waals surface area contributed by atoms with Crippen molar-refractivity contribution in [2.75, 3.05) is 6.61 Å². The molecule has 0 aromatic rings. The van der Waals surface area contributed by atoms with Crippen molar-refractivity contribution < 1.29 is 17.9 Å². The molecule has 84 valence electrons. The zero-order valence-corrected chi connectivity index (χ0v) is 8.02. The second-order valence-electron chi connectivity index (χ2n) is 3.77. The lowest BCUT2D eigenvalue weighted by Gasteiger charge is -2.22. The van der Waals surface area contributed by atoms with Crippen LogP contribution in [0, 0.1) is 0 Å². The van der Waals surface area contributed by atoms with Crippen LogP contribution in [0.3, 0.4) is 0 Å². The Bertz CT molecular complexity index is 172. The highest BCUT2D eigenvalue weighted by atomic mass is 19.4. The van der Waals surface area contributed by atoms with E-state index in [1.165, 1.54) is 0 Å². The van der Waals surface area contributed by atoms with Gasteiger partial charge < -0.3 is 10.5 Å². The second kappa shape index (κ2) is 4.98. The van der Waals surface area contributed by atoms with Crippen molar-refractivity contribution >= 4 is 0 Å². The molecule has 1 saturated carbocycles. The Hall–Kier alpha value is -0.290. The highest BCUT2D eigenvalue weighted by molar-refractivity contribution is 4.77. The van der Waals surface area contributed by atoms with Crippen molar-refractivity contribution in [3.05, 3.63) is 0 Å². The Morgan fingerprint density at radius 3 is 2.43 bits per heavy atom. The molecule has 0 aromatic carbocycles. The first-order valence-corrected chi connectivity index (χ1v) is 4.93. The second-order valence-corrected chi connectivity index (χ2v) is 3.77. The molecule has 1 aliphatic carbocycles. The Morgan fingerprint density at radius 2 is 1.79 bits per heavy atom. The van der Waals surface area contributed by atoms with Gasteiger partial charge in [-0.15, -0.1) is 0 Å².